The van der Waals surface area contributed by atoms with Crippen LogP contribution in [0.4, 0.5) is 0 Å². The number of carbonyl (C=O) groups excluding carboxylic acids is 1. The van der Waals surface area contributed by atoms with E-state index in [0.29, 0.717) is 19.0 Å². The maximum Gasteiger partial charge on any atom is 0.237 e. The summed E-state index contributed by atoms with van der Waals surface area (Å²) in [4.78, 5) is 26.6. The van der Waals surface area contributed by atoms with Gasteiger partial charge in [0.15, 0.2) is 0 Å². The monoisotopic (exact) mass is 377 g/mol. The van der Waals surface area contributed by atoms with Crippen LogP contribution >= 0.6 is 0 Å². The summed E-state index contributed by atoms with van der Waals surface area (Å²) < 4.78 is 0. The fourth-order valence-corrected chi connectivity index (χ4v) is 4.63. The second-order valence-corrected chi connectivity index (χ2v) is 8.20. The van der Waals surface area contributed by atoms with Crippen LogP contribution in [-0.2, 0) is 30.8 Å². The van der Waals surface area contributed by atoms with E-state index >= 15 is 0 Å². The molecule has 0 aliphatic carbocycles. The van der Waals surface area contributed by atoms with Crippen molar-refractivity contribution in [3.8, 4) is 0 Å². The molecule has 4 heterocycles. The van der Waals surface area contributed by atoms with E-state index in [2.05, 4.69) is 39.5 Å². The molecule has 146 valence electrons. The van der Waals surface area contributed by atoms with Gasteiger partial charge in [-0.3, -0.25) is 9.69 Å². The topological polar surface area (TPSA) is 61.4 Å². The Labute approximate surface area is 166 Å². The van der Waals surface area contributed by atoms with Gasteiger partial charge in [0.05, 0.1) is 12.2 Å². The maximum atomic E-state index is 12.9. The molecule has 1 saturated heterocycles. The molecule has 0 radical (unpaired) electrons. The van der Waals surface area contributed by atoms with Crippen LogP contribution in [0.1, 0.15) is 47.0 Å². The number of piperidine rings is 1. The maximum absolute atomic E-state index is 12.9. The van der Waals surface area contributed by atoms with Crippen molar-refractivity contribution < 1.29 is 4.79 Å². The molecule has 0 unspecified atom stereocenters. The van der Waals surface area contributed by atoms with Crippen molar-refractivity contribution in [3.05, 3.63) is 58.7 Å². The molecule has 0 bridgehead atoms. The zero-order valence-corrected chi connectivity index (χ0v) is 16.2. The zero-order valence-electron chi connectivity index (χ0n) is 16.2. The minimum Gasteiger partial charge on any atom is -0.337 e. The van der Waals surface area contributed by atoms with E-state index in [-0.39, 0.29) is 5.91 Å². The number of hydrogen-bond donors (Lipinski definition) is 1. The standard InChI is InChI=1S/C22H27N5O/c28-21(15-26-12-17-3-1-2-4-18(17)13-26)27-10-7-20-19(14-27)11-24-22(25-20)16-5-8-23-9-6-16/h1-4,11,16,23H,5-10,12-15H2. The SMILES string of the molecule is O=C(CN1Cc2ccccc2C1)N1CCc2nc(C3CCNCC3)ncc2C1. The first kappa shape index (κ1) is 17.8. The van der Waals surface area contributed by atoms with E-state index in [9.17, 15) is 4.79 Å². The fourth-order valence-electron chi connectivity index (χ4n) is 4.63. The summed E-state index contributed by atoms with van der Waals surface area (Å²) in [6, 6.07) is 8.47. The number of nitrogens with one attached hydrogen (secondary N) is 1. The number of rotatable bonds is 3. The normalized spacial score (nSPS) is 20.1. The summed E-state index contributed by atoms with van der Waals surface area (Å²) in [6.07, 6.45) is 5.02. The highest BCUT2D eigenvalue weighted by atomic mass is 16.2. The highest BCUT2D eigenvalue weighted by Crippen LogP contribution is 2.25. The molecule has 0 atom stereocenters. The van der Waals surface area contributed by atoms with Crippen LogP contribution in [-0.4, -0.2) is 51.9 Å². The van der Waals surface area contributed by atoms with Crippen LogP contribution in [0.15, 0.2) is 30.5 Å². The summed E-state index contributed by atoms with van der Waals surface area (Å²) in [5.74, 6) is 1.68. The van der Waals surface area contributed by atoms with Crippen molar-refractivity contribution in [2.24, 2.45) is 0 Å². The van der Waals surface area contributed by atoms with Gasteiger partial charge in [0.2, 0.25) is 5.91 Å². The molecule has 1 aromatic heterocycles. The van der Waals surface area contributed by atoms with Gasteiger partial charge in [-0.1, -0.05) is 24.3 Å². The van der Waals surface area contributed by atoms with Gasteiger partial charge in [-0.05, 0) is 37.1 Å². The second kappa shape index (κ2) is 7.60. The van der Waals surface area contributed by atoms with Gasteiger partial charge in [-0.15, -0.1) is 0 Å². The largest absolute Gasteiger partial charge is 0.337 e. The molecule has 1 amide bonds. The first-order valence-electron chi connectivity index (χ1n) is 10.4. The Hall–Kier alpha value is -2.31. The Morgan fingerprint density at radius 1 is 1.07 bits per heavy atom. The lowest BCUT2D eigenvalue weighted by atomic mass is 9.96. The lowest BCUT2D eigenvalue weighted by Crippen LogP contribution is -2.41. The van der Waals surface area contributed by atoms with Gasteiger partial charge in [0.25, 0.3) is 0 Å². The number of hydrogen-bond acceptors (Lipinski definition) is 5. The Morgan fingerprint density at radius 2 is 1.82 bits per heavy atom. The van der Waals surface area contributed by atoms with Crippen LogP contribution in [0.25, 0.3) is 0 Å². The number of nitrogens with zero attached hydrogens (tertiary/aromatic N) is 4. The van der Waals surface area contributed by atoms with Gasteiger partial charge >= 0.3 is 0 Å². The summed E-state index contributed by atoms with van der Waals surface area (Å²) >= 11 is 0. The third kappa shape index (κ3) is 3.54. The van der Waals surface area contributed by atoms with Gasteiger partial charge in [0.1, 0.15) is 5.82 Å². The first-order chi connectivity index (χ1) is 13.8. The van der Waals surface area contributed by atoms with Crippen molar-refractivity contribution in [1.29, 1.82) is 0 Å². The number of benzene rings is 1. The number of carbonyl (C=O) groups is 1. The van der Waals surface area contributed by atoms with Gasteiger partial charge < -0.3 is 10.2 Å². The zero-order chi connectivity index (χ0) is 18.9. The Morgan fingerprint density at radius 3 is 2.57 bits per heavy atom. The number of amides is 1. The lowest BCUT2D eigenvalue weighted by Gasteiger charge is -2.30. The molecule has 1 aromatic carbocycles. The predicted molar refractivity (Wildman–Crippen MR) is 107 cm³/mol. The highest BCUT2D eigenvalue weighted by Gasteiger charge is 2.27. The molecule has 2 aromatic rings. The van der Waals surface area contributed by atoms with Gasteiger partial charge in [0, 0.05) is 50.3 Å². The molecule has 3 aliphatic rings. The van der Waals surface area contributed by atoms with Crippen LogP contribution in [0.3, 0.4) is 0 Å². The summed E-state index contributed by atoms with van der Waals surface area (Å²) in [5.41, 5.74) is 4.94. The van der Waals surface area contributed by atoms with E-state index in [1.807, 2.05) is 11.1 Å². The van der Waals surface area contributed by atoms with Crippen molar-refractivity contribution in [2.45, 2.75) is 44.8 Å². The van der Waals surface area contributed by atoms with Gasteiger partial charge in [-0.25, -0.2) is 9.97 Å². The second-order valence-electron chi connectivity index (χ2n) is 8.20. The van der Waals surface area contributed by atoms with E-state index in [1.54, 1.807) is 0 Å². The molecule has 0 spiro atoms. The Bertz CT molecular complexity index is 852. The van der Waals surface area contributed by atoms with Crippen LogP contribution < -0.4 is 5.32 Å². The van der Waals surface area contributed by atoms with Crippen LogP contribution in [0, 0.1) is 0 Å². The summed E-state index contributed by atoms with van der Waals surface area (Å²) in [5, 5.41) is 3.40. The van der Waals surface area contributed by atoms with Crippen molar-refractivity contribution in [1.82, 2.24) is 25.1 Å². The summed E-state index contributed by atoms with van der Waals surface area (Å²) in [7, 11) is 0. The molecule has 3 aliphatic heterocycles. The van der Waals surface area contributed by atoms with E-state index < -0.39 is 0 Å². The van der Waals surface area contributed by atoms with Crippen molar-refractivity contribution in [3.63, 3.8) is 0 Å². The molecule has 1 N–H and O–H groups in total. The van der Waals surface area contributed by atoms with E-state index in [0.717, 1.165) is 69.1 Å². The van der Waals surface area contributed by atoms with Crippen LogP contribution in [0.2, 0.25) is 0 Å². The predicted octanol–water partition coefficient (Wildman–Crippen LogP) is 1.84. The quantitative estimate of drug-likeness (QED) is 0.885. The number of fused-ring (bicyclic) bond motifs is 2. The fraction of sp³-hybridized carbons (Fsp3) is 0.500. The van der Waals surface area contributed by atoms with Crippen molar-refractivity contribution >= 4 is 5.91 Å². The molecule has 6 nitrogen and oxygen atoms in total. The third-order valence-electron chi connectivity index (χ3n) is 6.27. The average molecular weight is 377 g/mol. The number of aromatic nitrogens is 2. The van der Waals surface area contributed by atoms with Gasteiger partial charge in [-0.2, -0.15) is 0 Å². The molecular formula is C22H27N5O. The molecule has 5 rings (SSSR count). The molecule has 28 heavy (non-hydrogen) atoms. The van der Waals surface area contributed by atoms with E-state index in [4.69, 9.17) is 4.98 Å². The van der Waals surface area contributed by atoms with Crippen molar-refractivity contribution in [2.75, 3.05) is 26.2 Å². The highest BCUT2D eigenvalue weighted by molar-refractivity contribution is 5.78. The Kier molecular flexibility index (Phi) is 4.82. The minimum absolute atomic E-state index is 0.209. The molecule has 1 fully saturated rings. The lowest BCUT2D eigenvalue weighted by molar-refractivity contribution is -0.133. The summed E-state index contributed by atoms with van der Waals surface area (Å²) in [6.45, 7) is 5.72. The molecule has 0 saturated carbocycles. The molecular weight excluding hydrogens is 350 g/mol. The first-order valence-corrected chi connectivity index (χ1v) is 10.4. The third-order valence-corrected chi connectivity index (χ3v) is 6.27. The average Bonchev–Trinajstić information content (AvgIpc) is 3.16. The van der Waals surface area contributed by atoms with E-state index in [1.165, 1.54) is 11.1 Å². The minimum atomic E-state index is 0.209. The smallest absolute Gasteiger partial charge is 0.237 e. The molecule has 6 heteroatoms. The van der Waals surface area contributed by atoms with Crippen LogP contribution in [0.5, 0.6) is 0 Å². The Balaban J connectivity index is 1.21.